The zero-order valence-corrected chi connectivity index (χ0v) is 22.1. The van der Waals surface area contributed by atoms with Crippen LogP contribution in [-0.4, -0.2) is 72.0 Å². The summed E-state index contributed by atoms with van der Waals surface area (Å²) < 4.78 is 12.0. The van der Waals surface area contributed by atoms with Crippen LogP contribution in [0, 0.1) is 3.57 Å². The van der Waals surface area contributed by atoms with Crippen LogP contribution in [0.25, 0.3) is 0 Å². The van der Waals surface area contributed by atoms with Crippen molar-refractivity contribution in [3.05, 3.63) is 74.3 Å². The predicted molar refractivity (Wildman–Crippen MR) is 140 cm³/mol. The molecule has 0 aliphatic heterocycles. The molecular weight excluding hydrogens is 587 g/mol. The molecule has 2 aromatic carbocycles. The molecule has 0 saturated carbocycles. The van der Waals surface area contributed by atoms with Crippen LogP contribution in [0.4, 0.5) is 0 Å². The Morgan fingerprint density at radius 2 is 1.91 bits per heavy atom. The summed E-state index contributed by atoms with van der Waals surface area (Å²) in [6.45, 7) is -0.123. The minimum absolute atomic E-state index is 0.0859. The number of aliphatic hydroxyl groups is 2. The summed E-state index contributed by atoms with van der Waals surface area (Å²) in [5.41, 5.74) is 1.16. The van der Waals surface area contributed by atoms with Crippen molar-refractivity contribution in [3.8, 4) is 5.75 Å². The standard InChI is InChI=1S/C25H28ClIN2O6/c1-34-15-23(31)29(14-16-6-8-18(26)9-7-16)20-12-17(25(33)28-10-11-30)13-22(24(20)32)35-21-5-3-2-4-19(21)27/h2-9,13,20,22,24,30,32H,10-12,14-15H2,1H3,(H,28,33). The zero-order valence-electron chi connectivity index (χ0n) is 19.2. The first kappa shape index (κ1) is 27.4. The summed E-state index contributed by atoms with van der Waals surface area (Å²) in [5, 5.41) is 23.7. The summed E-state index contributed by atoms with van der Waals surface area (Å²) in [7, 11) is 1.42. The Hall–Kier alpha value is -2.18. The molecule has 0 spiro atoms. The van der Waals surface area contributed by atoms with Crippen molar-refractivity contribution < 1.29 is 29.3 Å². The van der Waals surface area contributed by atoms with Crippen LogP contribution in [-0.2, 0) is 20.9 Å². The molecule has 3 rings (SSSR count). The van der Waals surface area contributed by atoms with Gasteiger partial charge in [0, 0.05) is 37.2 Å². The average molecular weight is 615 g/mol. The third-order valence-electron chi connectivity index (χ3n) is 5.57. The number of rotatable bonds is 10. The second kappa shape index (κ2) is 13.2. The van der Waals surface area contributed by atoms with Gasteiger partial charge in [-0.1, -0.05) is 35.9 Å². The van der Waals surface area contributed by atoms with Crippen molar-refractivity contribution in [2.75, 3.05) is 26.9 Å². The van der Waals surface area contributed by atoms with E-state index in [1.165, 1.54) is 12.0 Å². The van der Waals surface area contributed by atoms with E-state index in [9.17, 15) is 14.7 Å². The summed E-state index contributed by atoms with van der Waals surface area (Å²) in [5.74, 6) is -0.175. The van der Waals surface area contributed by atoms with Gasteiger partial charge in [-0.2, -0.15) is 0 Å². The van der Waals surface area contributed by atoms with Crippen LogP contribution in [0.3, 0.4) is 0 Å². The second-order valence-electron chi connectivity index (χ2n) is 8.03. The lowest BCUT2D eigenvalue weighted by atomic mass is 9.88. The van der Waals surface area contributed by atoms with Gasteiger partial charge >= 0.3 is 0 Å². The number of nitrogens with one attached hydrogen (secondary N) is 1. The summed E-state index contributed by atoms with van der Waals surface area (Å²) in [6, 6.07) is 13.6. The number of amides is 2. The number of ether oxygens (including phenoxy) is 2. The van der Waals surface area contributed by atoms with Crippen LogP contribution >= 0.6 is 34.2 Å². The van der Waals surface area contributed by atoms with Crippen molar-refractivity contribution >= 4 is 46.0 Å². The molecule has 0 bridgehead atoms. The zero-order chi connectivity index (χ0) is 25.4. The normalized spacial score (nSPS) is 19.6. The maximum atomic E-state index is 13.1. The Morgan fingerprint density at radius 1 is 1.20 bits per heavy atom. The number of para-hydroxylation sites is 1. The molecule has 0 saturated heterocycles. The van der Waals surface area contributed by atoms with Gasteiger partial charge in [0.15, 0.2) is 0 Å². The molecule has 0 radical (unpaired) electrons. The van der Waals surface area contributed by atoms with Crippen LogP contribution in [0.2, 0.25) is 5.02 Å². The fourth-order valence-corrected chi connectivity index (χ4v) is 4.49. The Kier molecular flexibility index (Phi) is 10.4. The highest BCUT2D eigenvalue weighted by molar-refractivity contribution is 14.1. The first-order valence-electron chi connectivity index (χ1n) is 11.1. The molecule has 1 aliphatic carbocycles. The molecular formula is C25H28ClIN2O6. The highest BCUT2D eigenvalue weighted by Crippen LogP contribution is 2.30. The van der Waals surface area contributed by atoms with E-state index in [0.717, 1.165) is 9.13 Å². The molecule has 0 heterocycles. The van der Waals surface area contributed by atoms with Crippen molar-refractivity contribution in [2.45, 2.75) is 31.2 Å². The Labute approximate surface area is 223 Å². The number of carbonyl (C=O) groups excluding carboxylic acids is 2. The Bertz CT molecular complexity index is 1050. The number of aliphatic hydroxyl groups excluding tert-OH is 2. The van der Waals surface area contributed by atoms with Gasteiger partial charge in [0.2, 0.25) is 11.8 Å². The number of nitrogens with zero attached hydrogens (tertiary/aromatic N) is 1. The quantitative estimate of drug-likeness (QED) is 0.355. The van der Waals surface area contributed by atoms with Gasteiger partial charge in [-0.25, -0.2) is 0 Å². The second-order valence-corrected chi connectivity index (χ2v) is 9.63. The van der Waals surface area contributed by atoms with Crippen LogP contribution in [0.1, 0.15) is 12.0 Å². The molecule has 35 heavy (non-hydrogen) atoms. The average Bonchev–Trinajstić information content (AvgIpc) is 2.85. The topological polar surface area (TPSA) is 108 Å². The summed E-state index contributed by atoms with van der Waals surface area (Å²) in [6.07, 6.45) is -0.318. The third kappa shape index (κ3) is 7.40. The molecule has 10 heteroatoms. The van der Waals surface area contributed by atoms with Crippen molar-refractivity contribution in [1.29, 1.82) is 0 Å². The number of methoxy groups -OCH3 is 1. The first-order valence-corrected chi connectivity index (χ1v) is 12.5. The minimum Gasteiger partial charge on any atom is -0.482 e. The lowest BCUT2D eigenvalue weighted by Crippen LogP contribution is -2.55. The molecule has 3 unspecified atom stereocenters. The van der Waals surface area contributed by atoms with Gasteiger partial charge < -0.3 is 29.9 Å². The number of benzene rings is 2. The van der Waals surface area contributed by atoms with Crippen molar-refractivity contribution in [3.63, 3.8) is 0 Å². The monoisotopic (exact) mass is 614 g/mol. The fraction of sp³-hybridized carbons (Fsp3) is 0.360. The molecule has 8 nitrogen and oxygen atoms in total. The number of carbonyl (C=O) groups is 2. The largest absolute Gasteiger partial charge is 0.482 e. The molecule has 1 aliphatic rings. The molecule has 2 amide bonds. The van der Waals surface area contributed by atoms with E-state index >= 15 is 0 Å². The third-order valence-corrected chi connectivity index (χ3v) is 6.71. The molecule has 0 fully saturated rings. The van der Waals surface area contributed by atoms with E-state index in [1.54, 1.807) is 36.4 Å². The van der Waals surface area contributed by atoms with Crippen molar-refractivity contribution in [1.82, 2.24) is 10.2 Å². The lowest BCUT2D eigenvalue weighted by molar-refractivity contribution is -0.143. The highest BCUT2D eigenvalue weighted by Gasteiger charge is 2.40. The lowest BCUT2D eigenvalue weighted by Gasteiger charge is -2.40. The van der Waals surface area contributed by atoms with Gasteiger partial charge in [-0.15, -0.1) is 0 Å². The van der Waals surface area contributed by atoms with Gasteiger partial charge in [-0.3, -0.25) is 9.59 Å². The van der Waals surface area contributed by atoms with E-state index in [-0.39, 0.29) is 38.6 Å². The number of hydrogen-bond acceptors (Lipinski definition) is 6. The maximum Gasteiger partial charge on any atom is 0.249 e. The van der Waals surface area contributed by atoms with E-state index in [4.69, 9.17) is 26.2 Å². The van der Waals surface area contributed by atoms with Crippen LogP contribution in [0.15, 0.2) is 60.2 Å². The predicted octanol–water partition coefficient (Wildman–Crippen LogP) is 2.54. The molecule has 188 valence electrons. The molecule has 2 aromatic rings. The number of hydrogen-bond donors (Lipinski definition) is 3. The maximum absolute atomic E-state index is 13.1. The Morgan fingerprint density at radius 3 is 2.57 bits per heavy atom. The molecule has 0 aromatic heterocycles. The smallest absolute Gasteiger partial charge is 0.249 e. The Balaban J connectivity index is 1.96. The SMILES string of the molecule is COCC(=O)N(Cc1ccc(Cl)cc1)C1CC(C(=O)NCCO)=CC(Oc2ccccc2I)C1O. The highest BCUT2D eigenvalue weighted by atomic mass is 127. The molecule has 3 N–H and O–H groups in total. The van der Waals surface area contributed by atoms with E-state index < -0.39 is 24.2 Å². The van der Waals surface area contributed by atoms with E-state index in [1.807, 2.05) is 18.2 Å². The van der Waals surface area contributed by atoms with Crippen LogP contribution < -0.4 is 10.1 Å². The van der Waals surface area contributed by atoms with Gasteiger partial charge in [0.1, 0.15) is 24.6 Å². The van der Waals surface area contributed by atoms with Crippen LogP contribution in [0.5, 0.6) is 5.75 Å². The van der Waals surface area contributed by atoms with Crippen molar-refractivity contribution in [2.24, 2.45) is 0 Å². The summed E-state index contributed by atoms with van der Waals surface area (Å²) >= 11 is 8.14. The first-order chi connectivity index (χ1) is 16.8. The van der Waals surface area contributed by atoms with Gasteiger partial charge in [0.05, 0.1) is 16.2 Å². The van der Waals surface area contributed by atoms with Gasteiger partial charge in [0.25, 0.3) is 0 Å². The fourth-order valence-electron chi connectivity index (χ4n) is 3.85. The minimum atomic E-state index is -1.12. The van der Waals surface area contributed by atoms with E-state index in [0.29, 0.717) is 16.3 Å². The molecule has 3 atom stereocenters. The number of halogens is 2. The van der Waals surface area contributed by atoms with Gasteiger partial charge in [-0.05, 0) is 58.5 Å². The van der Waals surface area contributed by atoms with E-state index in [2.05, 4.69) is 27.9 Å². The summed E-state index contributed by atoms with van der Waals surface area (Å²) in [4.78, 5) is 27.4.